The third kappa shape index (κ3) is 6.06. The zero-order chi connectivity index (χ0) is 24.4. The molecule has 0 spiro atoms. The summed E-state index contributed by atoms with van der Waals surface area (Å²) in [6.07, 6.45) is -10.2. The van der Waals surface area contributed by atoms with Crippen molar-refractivity contribution in [3.8, 4) is 10.6 Å². The van der Waals surface area contributed by atoms with Crippen LogP contribution in [-0.4, -0.2) is 28.1 Å². The van der Waals surface area contributed by atoms with E-state index in [1.165, 1.54) is 6.92 Å². The lowest BCUT2D eigenvalue weighted by molar-refractivity contribution is -0.143. The number of carbonyl (C=O) groups excluding carboxylic acids is 2. The van der Waals surface area contributed by atoms with Gasteiger partial charge in [0.25, 0.3) is 5.91 Å². The third-order valence-corrected chi connectivity index (χ3v) is 5.15. The second-order valence-electron chi connectivity index (χ2n) is 6.76. The molecule has 0 radical (unpaired) electrons. The summed E-state index contributed by atoms with van der Waals surface area (Å²) in [5.74, 6) is -2.07. The summed E-state index contributed by atoms with van der Waals surface area (Å²) < 4.78 is 77.9. The molecule has 3 aromatic rings. The summed E-state index contributed by atoms with van der Waals surface area (Å²) in [4.78, 5) is 24.6. The number of benzene rings is 2. The van der Waals surface area contributed by atoms with E-state index >= 15 is 0 Å². The molecule has 1 unspecified atom stereocenters. The van der Waals surface area contributed by atoms with E-state index in [0.29, 0.717) is 5.01 Å². The summed E-state index contributed by atoms with van der Waals surface area (Å²) >= 11 is 1.04. The van der Waals surface area contributed by atoms with Gasteiger partial charge in [-0.3, -0.25) is 14.9 Å². The van der Waals surface area contributed by atoms with Crippen molar-refractivity contribution < 1.29 is 35.9 Å². The molecule has 0 aliphatic heterocycles. The predicted octanol–water partition coefficient (Wildman–Crippen LogP) is 5.00. The van der Waals surface area contributed by atoms with E-state index < -0.39 is 46.9 Å². The molecule has 1 heterocycles. The molecule has 0 saturated heterocycles. The summed E-state index contributed by atoms with van der Waals surface area (Å²) in [5, 5.41) is 12.8. The quantitative estimate of drug-likeness (QED) is 0.495. The third-order valence-electron chi connectivity index (χ3n) is 4.27. The number of nitrogens with one attached hydrogen (secondary N) is 2. The van der Waals surface area contributed by atoms with Gasteiger partial charge in [0.1, 0.15) is 11.0 Å². The average Bonchev–Trinajstić information content (AvgIpc) is 3.21. The van der Waals surface area contributed by atoms with Crippen LogP contribution in [0.25, 0.3) is 10.6 Å². The van der Waals surface area contributed by atoms with Crippen LogP contribution in [0.5, 0.6) is 0 Å². The molecule has 0 saturated carbocycles. The van der Waals surface area contributed by atoms with Crippen LogP contribution >= 0.6 is 11.3 Å². The molecule has 1 aromatic heterocycles. The molecule has 13 heteroatoms. The van der Waals surface area contributed by atoms with Crippen molar-refractivity contribution in [2.45, 2.75) is 25.3 Å². The molecule has 0 aliphatic carbocycles. The number of hydrogen-bond acceptors (Lipinski definition) is 5. The van der Waals surface area contributed by atoms with Crippen molar-refractivity contribution in [3.05, 3.63) is 65.2 Å². The monoisotopic (exact) mass is 488 g/mol. The molecule has 33 heavy (non-hydrogen) atoms. The van der Waals surface area contributed by atoms with E-state index in [1.54, 1.807) is 30.3 Å². The molecule has 2 amide bonds. The van der Waals surface area contributed by atoms with Gasteiger partial charge in [-0.05, 0) is 25.1 Å². The lowest BCUT2D eigenvalue weighted by Gasteiger charge is -2.16. The zero-order valence-corrected chi connectivity index (χ0v) is 17.4. The summed E-state index contributed by atoms with van der Waals surface area (Å²) in [6.45, 7) is 1.21. The van der Waals surface area contributed by atoms with Gasteiger partial charge in [-0.15, -0.1) is 10.2 Å². The maximum Gasteiger partial charge on any atom is 0.416 e. The van der Waals surface area contributed by atoms with Crippen LogP contribution in [0.2, 0.25) is 0 Å². The lowest BCUT2D eigenvalue weighted by atomic mass is 10.0. The van der Waals surface area contributed by atoms with Crippen LogP contribution in [0.1, 0.15) is 28.4 Å². The Labute approximate surface area is 186 Å². The second kappa shape index (κ2) is 9.17. The van der Waals surface area contributed by atoms with Crippen molar-refractivity contribution in [1.82, 2.24) is 15.5 Å². The fraction of sp³-hybridized carbons (Fsp3) is 0.200. The Morgan fingerprint density at radius 3 is 2.03 bits per heavy atom. The Morgan fingerprint density at radius 1 is 0.909 bits per heavy atom. The van der Waals surface area contributed by atoms with Gasteiger partial charge in [-0.2, -0.15) is 26.3 Å². The Balaban J connectivity index is 1.72. The minimum absolute atomic E-state index is 0.0906. The molecule has 3 rings (SSSR count). The molecule has 6 nitrogen and oxygen atoms in total. The number of alkyl halides is 6. The predicted molar refractivity (Wildman–Crippen MR) is 107 cm³/mol. The normalized spacial score (nSPS) is 12.8. The van der Waals surface area contributed by atoms with Gasteiger partial charge in [0.05, 0.1) is 11.1 Å². The Kier molecular flexibility index (Phi) is 6.72. The number of aromatic nitrogens is 2. The van der Waals surface area contributed by atoms with E-state index in [2.05, 4.69) is 20.8 Å². The molecule has 1 atom stereocenters. The Morgan fingerprint density at radius 2 is 1.48 bits per heavy atom. The first-order valence-corrected chi connectivity index (χ1v) is 9.96. The Hall–Kier alpha value is -3.48. The summed E-state index contributed by atoms with van der Waals surface area (Å²) in [7, 11) is 0. The molecule has 174 valence electrons. The fourth-order valence-electron chi connectivity index (χ4n) is 2.62. The number of amides is 2. The van der Waals surface area contributed by atoms with Gasteiger partial charge in [0.15, 0.2) is 0 Å². The van der Waals surface area contributed by atoms with Crippen molar-refractivity contribution >= 4 is 28.3 Å². The van der Waals surface area contributed by atoms with E-state index in [-0.39, 0.29) is 23.3 Å². The highest BCUT2D eigenvalue weighted by Gasteiger charge is 2.37. The van der Waals surface area contributed by atoms with Crippen molar-refractivity contribution in [2.24, 2.45) is 0 Å². The van der Waals surface area contributed by atoms with Crippen molar-refractivity contribution in [3.63, 3.8) is 0 Å². The summed E-state index contributed by atoms with van der Waals surface area (Å²) in [6, 6.07) is 8.10. The van der Waals surface area contributed by atoms with E-state index in [0.717, 1.165) is 16.9 Å². The molecule has 0 fully saturated rings. The topological polar surface area (TPSA) is 84.0 Å². The highest BCUT2D eigenvalue weighted by molar-refractivity contribution is 7.18. The van der Waals surface area contributed by atoms with Gasteiger partial charge in [0, 0.05) is 11.1 Å². The first kappa shape index (κ1) is 24.2. The fourth-order valence-corrected chi connectivity index (χ4v) is 3.37. The van der Waals surface area contributed by atoms with Gasteiger partial charge in [-0.1, -0.05) is 41.7 Å². The van der Waals surface area contributed by atoms with Gasteiger partial charge in [-0.25, -0.2) is 0 Å². The van der Waals surface area contributed by atoms with Crippen LogP contribution in [0.3, 0.4) is 0 Å². The van der Waals surface area contributed by atoms with Gasteiger partial charge in [0.2, 0.25) is 11.0 Å². The minimum Gasteiger partial charge on any atom is -0.341 e. The molecule has 0 bridgehead atoms. The number of hydrogen-bond donors (Lipinski definition) is 2. The Bertz CT molecular complexity index is 1130. The summed E-state index contributed by atoms with van der Waals surface area (Å²) in [5.41, 5.74) is -3.41. The van der Waals surface area contributed by atoms with E-state index in [9.17, 15) is 35.9 Å². The maximum absolute atomic E-state index is 13.0. The molecular formula is C20H14F6N4O2S. The highest BCUT2D eigenvalue weighted by Crippen LogP contribution is 2.36. The smallest absolute Gasteiger partial charge is 0.341 e. The number of carbonyl (C=O) groups is 2. The molecular weight excluding hydrogens is 474 g/mol. The maximum atomic E-state index is 13.0. The van der Waals surface area contributed by atoms with E-state index in [1.807, 2.05) is 0 Å². The van der Waals surface area contributed by atoms with Crippen molar-refractivity contribution in [2.75, 3.05) is 5.32 Å². The molecule has 0 aliphatic rings. The van der Waals surface area contributed by atoms with Crippen LogP contribution < -0.4 is 10.6 Å². The van der Waals surface area contributed by atoms with Crippen LogP contribution in [-0.2, 0) is 17.1 Å². The van der Waals surface area contributed by atoms with Crippen LogP contribution in [0, 0.1) is 0 Å². The second-order valence-corrected chi connectivity index (χ2v) is 7.73. The van der Waals surface area contributed by atoms with Gasteiger partial charge < -0.3 is 5.32 Å². The average molecular weight is 488 g/mol. The first-order chi connectivity index (χ1) is 15.3. The largest absolute Gasteiger partial charge is 0.416 e. The molecule has 2 N–H and O–H groups in total. The van der Waals surface area contributed by atoms with E-state index in [4.69, 9.17) is 0 Å². The first-order valence-electron chi connectivity index (χ1n) is 9.15. The molecule has 2 aromatic carbocycles. The van der Waals surface area contributed by atoms with Crippen molar-refractivity contribution in [1.29, 1.82) is 0 Å². The van der Waals surface area contributed by atoms with Crippen LogP contribution in [0.4, 0.5) is 31.5 Å². The zero-order valence-electron chi connectivity index (χ0n) is 16.6. The van der Waals surface area contributed by atoms with Gasteiger partial charge >= 0.3 is 12.4 Å². The number of nitrogens with zero attached hydrogens (tertiary/aromatic N) is 2. The standard InChI is InChI=1S/C20H14F6N4O2S/c1-10(15(31)28-18-30-29-17(33-18)11-5-3-2-4-6-11)27-16(32)12-7-13(19(21,22)23)9-14(8-12)20(24,25)26/h2-10H,1H3,(H,27,32)(H,28,30,31). The van der Waals surface area contributed by atoms with Crippen LogP contribution in [0.15, 0.2) is 48.5 Å². The lowest BCUT2D eigenvalue weighted by Crippen LogP contribution is -2.41. The number of rotatable bonds is 5. The number of halogens is 6. The minimum atomic E-state index is -5.10. The number of anilines is 1. The SMILES string of the molecule is CC(NC(=O)c1cc(C(F)(F)F)cc(C(F)(F)F)c1)C(=O)Nc1nnc(-c2ccccc2)s1. The highest BCUT2D eigenvalue weighted by atomic mass is 32.1.